The van der Waals surface area contributed by atoms with E-state index < -0.39 is 11.2 Å². The fourth-order valence-corrected chi connectivity index (χ4v) is 4.99. The maximum atomic E-state index is 12.3. The molecular weight excluding hydrogens is 408 g/mol. The Balaban J connectivity index is 2.12. The fourth-order valence-electron chi connectivity index (χ4n) is 3.93. The summed E-state index contributed by atoms with van der Waals surface area (Å²) in [6.07, 6.45) is 2.56. The van der Waals surface area contributed by atoms with Crippen LogP contribution < -0.4 is 16.0 Å². The number of nitriles is 2. The van der Waals surface area contributed by atoms with Crippen molar-refractivity contribution < 1.29 is 4.79 Å². The van der Waals surface area contributed by atoms with E-state index in [1.807, 2.05) is 44.3 Å². The van der Waals surface area contributed by atoms with E-state index in [2.05, 4.69) is 22.4 Å². The molecule has 0 saturated carbocycles. The summed E-state index contributed by atoms with van der Waals surface area (Å²) in [5, 5.41) is 22.9. The molecule has 0 radical (unpaired) electrons. The van der Waals surface area contributed by atoms with Gasteiger partial charge in [0.2, 0.25) is 5.91 Å². The van der Waals surface area contributed by atoms with Gasteiger partial charge in [-0.1, -0.05) is 49.0 Å². The molecule has 2 atom stereocenters. The van der Waals surface area contributed by atoms with Crippen LogP contribution in [0.25, 0.3) is 0 Å². The first kappa shape index (κ1) is 22.6. The van der Waals surface area contributed by atoms with E-state index in [0.717, 1.165) is 31.5 Å². The van der Waals surface area contributed by atoms with Gasteiger partial charge in [0.05, 0.1) is 11.1 Å². The number of aromatic nitrogens is 1. The summed E-state index contributed by atoms with van der Waals surface area (Å²) in [5.41, 5.74) is 7.91. The molecule has 31 heavy (non-hydrogen) atoms. The Labute approximate surface area is 187 Å². The lowest BCUT2D eigenvalue weighted by Crippen LogP contribution is -2.45. The van der Waals surface area contributed by atoms with Crippen LogP contribution >= 0.6 is 11.8 Å². The van der Waals surface area contributed by atoms with Gasteiger partial charge in [-0.25, -0.2) is 4.98 Å². The topological polar surface area (TPSA) is 119 Å². The van der Waals surface area contributed by atoms with E-state index >= 15 is 0 Å². The number of nitrogens with zero attached hydrogens (tertiary/aromatic N) is 4. The number of piperidine rings is 1. The van der Waals surface area contributed by atoms with E-state index in [1.165, 1.54) is 11.8 Å². The fraction of sp³-hybridized carbons (Fsp3) is 0.391. The number of hydrogen-bond donors (Lipinski definition) is 2. The number of carbonyl (C=O) groups excluding carboxylic acids is 1. The number of anilines is 1. The van der Waals surface area contributed by atoms with E-state index in [-0.39, 0.29) is 0 Å². The Morgan fingerprint density at radius 2 is 2.03 bits per heavy atom. The quantitative estimate of drug-likeness (QED) is 0.643. The minimum atomic E-state index is -0.683. The molecule has 160 valence electrons. The highest BCUT2D eigenvalue weighted by atomic mass is 32.2. The van der Waals surface area contributed by atoms with Gasteiger partial charge in [0.1, 0.15) is 28.2 Å². The van der Waals surface area contributed by atoms with Gasteiger partial charge in [-0.15, -0.1) is 0 Å². The van der Waals surface area contributed by atoms with Gasteiger partial charge >= 0.3 is 0 Å². The summed E-state index contributed by atoms with van der Waals surface area (Å²) >= 11 is 1.17. The van der Waals surface area contributed by atoms with Crippen LogP contribution in [0.15, 0.2) is 35.4 Å². The van der Waals surface area contributed by atoms with Crippen LogP contribution in [0.2, 0.25) is 0 Å². The number of hydrogen-bond acceptors (Lipinski definition) is 7. The van der Waals surface area contributed by atoms with Crippen LogP contribution in [-0.4, -0.2) is 37.1 Å². The number of rotatable bonds is 7. The Kier molecular flexibility index (Phi) is 7.51. The molecule has 1 aliphatic heterocycles. The molecule has 8 heteroatoms. The predicted octanol–water partition coefficient (Wildman–Crippen LogP) is 2.89. The van der Waals surface area contributed by atoms with Crippen molar-refractivity contribution in [1.29, 1.82) is 10.5 Å². The standard InChI is InChI=1S/C23H26N6OS/c1-3-17-18(12-24)22(29-11-7-10-16(14-29)27-2)28-23(19(17)13-25)31-20(21(26)30)15-8-5-4-6-9-15/h4-6,8-9,16,20,27H,3,7,10-11,14H2,1-2H3,(H2,26,30)/t16-,20?/m1/s1. The van der Waals surface area contributed by atoms with Gasteiger partial charge in [0.15, 0.2) is 0 Å². The predicted molar refractivity (Wildman–Crippen MR) is 122 cm³/mol. The van der Waals surface area contributed by atoms with Gasteiger partial charge in [0, 0.05) is 19.1 Å². The average Bonchev–Trinajstić information content (AvgIpc) is 2.81. The first-order valence-electron chi connectivity index (χ1n) is 10.3. The first-order chi connectivity index (χ1) is 15.0. The van der Waals surface area contributed by atoms with E-state index in [0.29, 0.717) is 40.0 Å². The summed E-state index contributed by atoms with van der Waals surface area (Å²) in [5.74, 6) is 0.0798. The number of primary amides is 1. The molecular formula is C23H26N6OS. The zero-order chi connectivity index (χ0) is 22.4. The van der Waals surface area contributed by atoms with Crippen LogP contribution in [0.1, 0.15) is 47.3 Å². The summed E-state index contributed by atoms with van der Waals surface area (Å²) in [4.78, 5) is 19.1. The summed E-state index contributed by atoms with van der Waals surface area (Å²) < 4.78 is 0. The Bertz CT molecular complexity index is 1030. The molecule has 7 nitrogen and oxygen atoms in total. The molecule has 1 saturated heterocycles. The number of benzene rings is 1. The van der Waals surface area contributed by atoms with Crippen molar-refractivity contribution in [3.05, 3.63) is 52.6 Å². The molecule has 1 aromatic heterocycles. The number of nitrogens with two attached hydrogens (primary N) is 1. The van der Waals surface area contributed by atoms with Crippen LogP contribution in [-0.2, 0) is 11.2 Å². The van der Waals surface area contributed by atoms with Gasteiger partial charge < -0.3 is 16.0 Å². The Morgan fingerprint density at radius 1 is 1.32 bits per heavy atom. The third-order valence-electron chi connectivity index (χ3n) is 5.55. The SMILES string of the molecule is CCc1c(C#N)c(SC(C(N)=O)c2ccccc2)nc(N2CCC[C@@H](NC)C2)c1C#N. The lowest BCUT2D eigenvalue weighted by atomic mass is 10.00. The molecule has 2 heterocycles. The number of carbonyl (C=O) groups is 1. The largest absolute Gasteiger partial charge is 0.368 e. The molecule has 1 fully saturated rings. The molecule has 1 aromatic carbocycles. The van der Waals surface area contributed by atoms with Crippen LogP contribution in [0.5, 0.6) is 0 Å². The van der Waals surface area contributed by atoms with Gasteiger partial charge in [-0.3, -0.25) is 4.79 Å². The highest BCUT2D eigenvalue weighted by Crippen LogP contribution is 2.39. The van der Waals surface area contributed by atoms with Crippen LogP contribution in [0.3, 0.4) is 0 Å². The molecule has 2 aromatic rings. The molecule has 1 amide bonds. The first-order valence-corrected chi connectivity index (χ1v) is 11.2. The molecule has 3 rings (SSSR count). The summed E-state index contributed by atoms with van der Waals surface area (Å²) in [7, 11) is 1.93. The van der Waals surface area contributed by atoms with E-state index in [4.69, 9.17) is 10.7 Å². The Hall–Kier alpha value is -3.07. The lowest BCUT2D eigenvalue weighted by molar-refractivity contribution is -0.117. The number of pyridine rings is 1. The lowest BCUT2D eigenvalue weighted by Gasteiger charge is -2.34. The molecule has 1 unspecified atom stereocenters. The highest BCUT2D eigenvalue weighted by Gasteiger charge is 2.29. The zero-order valence-corrected chi connectivity index (χ0v) is 18.6. The van der Waals surface area contributed by atoms with Crippen molar-refractivity contribution in [1.82, 2.24) is 10.3 Å². The van der Waals surface area contributed by atoms with Gasteiger partial charge in [-0.2, -0.15) is 10.5 Å². The minimum Gasteiger partial charge on any atom is -0.368 e. The normalized spacial score (nSPS) is 16.9. The van der Waals surface area contributed by atoms with Crippen molar-refractivity contribution >= 4 is 23.5 Å². The monoisotopic (exact) mass is 434 g/mol. The third-order valence-corrected chi connectivity index (χ3v) is 6.80. The molecule has 0 bridgehead atoms. The molecule has 3 N–H and O–H groups in total. The van der Waals surface area contributed by atoms with E-state index in [9.17, 15) is 15.3 Å². The average molecular weight is 435 g/mol. The van der Waals surface area contributed by atoms with E-state index in [1.54, 1.807) is 0 Å². The van der Waals surface area contributed by atoms with Crippen LogP contribution in [0.4, 0.5) is 5.82 Å². The second-order valence-electron chi connectivity index (χ2n) is 7.43. The summed E-state index contributed by atoms with van der Waals surface area (Å²) in [6.45, 7) is 3.44. The van der Waals surface area contributed by atoms with Crippen molar-refractivity contribution in [2.75, 3.05) is 25.0 Å². The molecule has 1 aliphatic rings. The number of amides is 1. The Morgan fingerprint density at radius 3 is 2.61 bits per heavy atom. The zero-order valence-electron chi connectivity index (χ0n) is 17.8. The third kappa shape index (κ3) is 4.82. The number of likely N-dealkylation sites (N-methyl/N-ethyl adjacent to an activating group) is 1. The van der Waals surface area contributed by atoms with Crippen molar-refractivity contribution in [3.63, 3.8) is 0 Å². The smallest absolute Gasteiger partial charge is 0.235 e. The maximum absolute atomic E-state index is 12.3. The number of thioether (sulfide) groups is 1. The van der Waals surface area contributed by atoms with Crippen molar-refractivity contribution in [3.8, 4) is 12.1 Å². The minimum absolute atomic E-state index is 0.307. The van der Waals surface area contributed by atoms with Crippen molar-refractivity contribution in [2.24, 2.45) is 5.73 Å². The second-order valence-corrected chi connectivity index (χ2v) is 8.52. The molecule has 0 spiro atoms. The maximum Gasteiger partial charge on any atom is 0.235 e. The second kappa shape index (κ2) is 10.3. The molecule has 0 aliphatic carbocycles. The van der Waals surface area contributed by atoms with Crippen LogP contribution in [0, 0.1) is 22.7 Å². The highest BCUT2D eigenvalue weighted by molar-refractivity contribution is 8.00. The van der Waals surface area contributed by atoms with Gasteiger partial charge in [-0.05, 0) is 37.4 Å². The summed E-state index contributed by atoms with van der Waals surface area (Å²) in [6, 6.07) is 14.0. The van der Waals surface area contributed by atoms with Crippen molar-refractivity contribution in [2.45, 2.75) is 42.5 Å². The van der Waals surface area contributed by atoms with Gasteiger partial charge in [0.25, 0.3) is 0 Å². The number of nitrogens with one attached hydrogen (secondary N) is 1.